The van der Waals surface area contributed by atoms with E-state index in [9.17, 15) is 26.7 Å². The van der Waals surface area contributed by atoms with Crippen molar-refractivity contribution in [1.82, 2.24) is 14.6 Å². The number of hydrogen-bond donors (Lipinski definition) is 3. The zero-order valence-electron chi connectivity index (χ0n) is 24.0. The van der Waals surface area contributed by atoms with Crippen molar-refractivity contribution in [2.75, 3.05) is 32.8 Å². The summed E-state index contributed by atoms with van der Waals surface area (Å²) in [7, 11) is -7.30. The minimum Gasteiger partial charge on any atom is -0.491 e. The lowest BCUT2D eigenvalue weighted by atomic mass is 9.88. The third-order valence-electron chi connectivity index (χ3n) is 8.64. The van der Waals surface area contributed by atoms with Gasteiger partial charge in [-0.15, -0.1) is 0 Å². The molecule has 0 amide bonds. The molecule has 43 heavy (non-hydrogen) atoms. The van der Waals surface area contributed by atoms with E-state index < -0.39 is 37.0 Å². The van der Waals surface area contributed by atoms with Crippen molar-refractivity contribution in [2.45, 2.75) is 71.8 Å². The quantitative estimate of drug-likeness (QED) is 0.305. The van der Waals surface area contributed by atoms with Crippen molar-refractivity contribution in [1.29, 1.82) is 0 Å². The fraction of sp³-hybridized carbons (Fsp3) is 0.500. The highest BCUT2D eigenvalue weighted by atomic mass is 32.2. The summed E-state index contributed by atoms with van der Waals surface area (Å²) >= 11 is 0. The number of aliphatic hydroxyl groups is 1. The van der Waals surface area contributed by atoms with Gasteiger partial charge in [0.1, 0.15) is 23.4 Å². The summed E-state index contributed by atoms with van der Waals surface area (Å²) in [5.74, 6) is 0.395. The Labute approximate surface area is 251 Å². The molecule has 3 fully saturated rings. The number of H-pyrrole nitrogens is 1. The van der Waals surface area contributed by atoms with Crippen molar-refractivity contribution in [3.05, 3.63) is 64.4 Å². The van der Waals surface area contributed by atoms with Gasteiger partial charge >= 0.3 is 0 Å². The summed E-state index contributed by atoms with van der Waals surface area (Å²) in [5.41, 5.74) is 0.499. The number of rotatable bonds is 10. The molecule has 13 heteroatoms. The molecule has 0 radical (unpaired) electrons. The van der Waals surface area contributed by atoms with Gasteiger partial charge in [-0.25, -0.2) is 16.8 Å². The van der Waals surface area contributed by atoms with Crippen LogP contribution in [0, 0.1) is 6.92 Å². The highest BCUT2D eigenvalue weighted by Crippen LogP contribution is 2.37. The van der Waals surface area contributed by atoms with E-state index in [0.717, 1.165) is 5.56 Å². The SMILES string of the molecule is Cc1ccc2[nH]cc(S(=O)(=O)N3CCC4(CC3)C[C@@H](NCC(O)COc3cccc(S(=O)(=O)C5CC5)c3)CO4)c(=O)c2c1. The van der Waals surface area contributed by atoms with Gasteiger partial charge in [0.2, 0.25) is 15.5 Å². The van der Waals surface area contributed by atoms with E-state index in [-0.39, 0.29) is 47.3 Å². The van der Waals surface area contributed by atoms with Gasteiger partial charge in [-0.3, -0.25) is 4.79 Å². The molecule has 1 aromatic heterocycles. The average Bonchev–Trinajstić information content (AvgIpc) is 3.79. The second-order valence-corrected chi connectivity index (χ2v) is 16.1. The number of aromatic nitrogens is 1. The van der Waals surface area contributed by atoms with Gasteiger partial charge in [-0.05, 0) is 69.4 Å². The van der Waals surface area contributed by atoms with Crippen molar-refractivity contribution >= 4 is 30.8 Å². The maximum Gasteiger partial charge on any atom is 0.248 e. The van der Waals surface area contributed by atoms with Crippen LogP contribution in [0.4, 0.5) is 0 Å². The van der Waals surface area contributed by atoms with Crippen LogP contribution in [0.25, 0.3) is 10.9 Å². The number of aliphatic hydroxyl groups excluding tert-OH is 1. The molecule has 1 saturated carbocycles. The Morgan fingerprint density at radius 2 is 1.91 bits per heavy atom. The van der Waals surface area contributed by atoms with Gasteiger partial charge in [-0.2, -0.15) is 4.31 Å². The molecule has 3 aromatic rings. The minimum atomic E-state index is -3.98. The predicted molar refractivity (Wildman–Crippen MR) is 161 cm³/mol. The number of aryl methyl sites for hydroxylation is 1. The van der Waals surface area contributed by atoms with Gasteiger partial charge in [-0.1, -0.05) is 17.7 Å². The van der Waals surface area contributed by atoms with Crippen LogP contribution >= 0.6 is 0 Å². The fourth-order valence-electron chi connectivity index (χ4n) is 5.97. The van der Waals surface area contributed by atoms with Gasteiger partial charge < -0.3 is 24.9 Å². The number of piperidine rings is 1. The van der Waals surface area contributed by atoms with Crippen LogP contribution in [0.1, 0.15) is 37.7 Å². The number of pyridine rings is 1. The molecule has 2 aliphatic heterocycles. The monoisotopic (exact) mass is 631 g/mol. The van der Waals surface area contributed by atoms with Crippen molar-refractivity contribution in [2.24, 2.45) is 0 Å². The van der Waals surface area contributed by atoms with Crippen LogP contribution in [-0.2, 0) is 24.6 Å². The molecule has 1 aliphatic carbocycles. The Kier molecular flexibility index (Phi) is 8.16. The van der Waals surface area contributed by atoms with Crippen LogP contribution in [0.3, 0.4) is 0 Å². The summed E-state index contributed by atoms with van der Waals surface area (Å²) in [6, 6.07) is 11.7. The molecular weight excluding hydrogens is 594 g/mol. The van der Waals surface area contributed by atoms with E-state index in [2.05, 4.69) is 10.3 Å². The first-order chi connectivity index (χ1) is 20.5. The minimum absolute atomic E-state index is 0.00105. The number of benzene rings is 2. The summed E-state index contributed by atoms with van der Waals surface area (Å²) < 4.78 is 65.0. The number of nitrogens with zero attached hydrogens (tertiary/aromatic N) is 1. The fourth-order valence-corrected chi connectivity index (χ4v) is 9.15. The molecule has 3 heterocycles. The summed E-state index contributed by atoms with van der Waals surface area (Å²) in [4.78, 5) is 16.0. The Hall–Kier alpha value is -2.81. The number of ether oxygens (including phenoxy) is 2. The number of aromatic amines is 1. The Morgan fingerprint density at radius 1 is 1.14 bits per heavy atom. The summed E-state index contributed by atoms with van der Waals surface area (Å²) in [5, 5.41) is 13.9. The summed E-state index contributed by atoms with van der Waals surface area (Å²) in [6.07, 6.45) is 3.51. The molecular formula is C30H37N3O8S2. The summed E-state index contributed by atoms with van der Waals surface area (Å²) in [6.45, 7) is 3.03. The van der Waals surface area contributed by atoms with Crippen LogP contribution < -0.4 is 15.5 Å². The van der Waals surface area contributed by atoms with Crippen LogP contribution in [0.15, 0.2) is 63.2 Å². The first kappa shape index (κ1) is 30.2. The molecule has 2 saturated heterocycles. The van der Waals surface area contributed by atoms with Gasteiger partial charge in [0, 0.05) is 42.8 Å². The van der Waals surface area contributed by atoms with Gasteiger partial charge in [0.25, 0.3) is 0 Å². The van der Waals surface area contributed by atoms with Crippen molar-refractivity contribution < 1.29 is 31.4 Å². The maximum absolute atomic E-state index is 13.4. The Balaban J connectivity index is 0.993. The smallest absolute Gasteiger partial charge is 0.248 e. The Morgan fingerprint density at radius 3 is 2.65 bits per heavy atom. The average molecular weight is 632 g/mol. The first-order valence-electron chi connectivity index (χ1n) is 14.6. The van der Waals surface area contributed by atoms with Crippen LogP contribution in [-0.4, -0.2) is 87.1 Å². The number of sulfonamides is 1. The molecule has 6 rings (SSSR count). The van der Waals surface area contributed by atoms with E-state index in [1.54, 1.807) is 30.3 Å². The highest BCUT2D eigenvalue weighted by Gasteiger charge is 2.45. The molecule has 232 valence electrons. The second-order valence-electron chi connectivity index (χ2n) is 11.9. The third-order valence-corrected chi connectivity index (χ3v) is 12.8. The topological polar surface area (TPSA) is 155 Å². The highest BCUT2D eigenvalue weighted by molar-refractivity contribution is 7.92. The lowest BCUT2D eigenvalue weighted by Crippen LogP contribution is -2.47. The van der Waals surface area contributed by atoms with E-state index in [4.69, 9.17) is 9.47 Å². The van der Waals surface area contributed by atoms with E-state index in [1.807, 2.05) is 13.0 Å². The molecule has 0 bridgehead atoms. The zero-order valence-corrected chi connectivity index (χ0v) is 25.6. The third kappa shape index (κ3) is 6.24. The van der Waals surface area contributed by atoms with Crippen LogP contribution in [0.2, 0.25) is 0 Å². The largest absolute Gasteiger partial charge is 0.491 e. The Bertz CT molecular complexity index is 1780. The number of hydrogen-bond acceptors (Lipinski definition) is 9. The van der Waals surface area contributed by atoms with Crippen LogP contribution in [0.5, 0.6) is 5.75 Å². The van der Waals surface area contributed by atoms with Gasteiger partial charge in [0.05, 0.1) is 22.4 Å². The second kappa shape index (κ2) is 11.6. The van der Waals surface area contributed by atoms with Gasteiger partial charge in [0.15, 0.2) is 9.84 Å². The van der Waals surface area contributed by atoms with E-state index in [0.29, 0.717) is 55.4 Å². The molecule has 1 unspecified atom stereocenters. The first-order valence-corrected chi connectivity index (χ1v) is 17.6. The zero-order chi connectivity index (χ0) is 30.4. The van der Waals surface area contributed by atoms with Crippen molar-refractivity contribution in [3.63, 3.8) is 0 Å². The standard InChI is InChI=1S/C30H37N3O8S2/c1-20-5-8-27-26(13-20)29(35)28(17-32-27)43(38,39)33-11-9-30(10-12-33)15-21(18-41-30)31-16-22(34)19-40-23-3-2-4-25(14-23)42(36,37)24-6-7-24/h2-5,8,13-14,17,21-22,24,31,34H,6-7,9-12,15-16,18-19H2,1H3,(H,32,35)/t21-,22?/m1/s1. The number of fused-ring (bicyclic) bond motifs is 1. The normalized spacial score (nSPS) is 21.8. The van der Waals surface area contributed by atoms with E-state index in [1.165, 1.54) is 16.6 Å². The molecule has 3 aliphatic rings. The van der Waals surface area contributed by atoms with E-state index >= 15 is 0 Å². The lowest BCUT2D eigenvalue weighted by molar-refractivity contribution is -0.0312. The molecule has 1 spiro atoms. The molecule has 2 aromatic carbocycles. The maximum atomic E-state index is 13.4. The lowest BCUT2D eigenvalue weighted by Gasteiger charge is -2.37. The number of nitrogens with one attached hydrogen (secondary N) is 2. The predicted octanol–water partition coefficient (Wildman–Crippen LogP) is 2.11. The molecule has 2 atom stereocenters. The molecule has 3 N–H and O–H groups in total. The van der Waals surface area contributed by atoms with Crippen molar-refractivity contribution in [3.8, 4) is 5.75 Å². The number of sulfone groups is 1. The molecule has 11 nitrogen and oxygen atoms in total.